The van der Waals surface area contributed by atoms with Gasteiger partial charge in [0.05, 0.1) is 0 Å². The van der Waals surface area contributed by atoms with E-state index in [2.05, 4.69) is 10.3 Å². The number of carbonyl (C=O) groups excluding carboxylic acids is 1. The van der Waals surface area contributed by atoms with E-state index in [4.69, 9.17) is 0 Å². The molecular weight excluding hydrogens is 260 g/mol. The van der Waals surface area contributed by atoms with Crippen LogP contribution in [0.4, 0.5) is 0 Å². The fourth-order valence-corrected chi connectivity index (χ4v) is 2.38. The van der Waals surface area contributed by atoms with Crippen molar-refractivity contribution in [3.8, 4) is 0 Å². The number of nitrogens with zero attached hydrogens (tertiary/aromatic N) is 1. The number of amides is 1. The Balaban J connectivity index is 1.84. The van der Waals surface area contributed by atoms with Crippen LogP contribution in [0.15, 0.2) is 41.2 Å². The number of hydrogen-bond donors (Lipinski definition) is 2. The van der Waals surface area contributed by atoms with Crippen molar-refractivity contribution in [3.05, 3.63) is 52.5 Å². The molecule has 0 aliphatic carbocycles. The number of pyridine rings is 1. The van der Waals surface area contributed by atoms with Crippen molar-refractivity contribution in [2.45, 2.75) is 6.42 Å². The highest BCUT2D eigenvalue weighted by Crippen LogP contribution is 2.07. The number of thiophene rings is 1. The summed E-state index contributed by atoms with van der Waals surface area (Å²) in [5.74, 6) is -0.113. The Morgan fingerprint density at radius 1 is 1.42 bits per heavy atom. The molecule has 1 amide bonds. The Kier molecular flexibility index (Phi) is 5.06. The van der Waals surface area contributed by atoms with Crippen molar-refractivity contribution < 1.29 is 9.90 Å². The lowest BCUT2D eigenvalue weighted by Crippen LogP contribution is -2.31. The van der Waals surface area contributed by atoms with E-state index in [0.29, 0.717) is 18.5 Å². The summed E-state index contributed by atoms with van der Waals surface area (Å²) in [7, 11) is 0. The lowest BCUT2D eigenvalue weighted by Gasteiger charge is -2.14. The van der Waals surface area contributed by atoms with E-state index in [-0.39, 0.29) is 18.4 Å². The Morgan fingerprint density at radius 2 is 2.32 bits per heavy atom. The molecule has 0 saturated heterocycles. The summed E-state index contributed by atoms with van der Waals surface area (Å²) in [6.45, 7) is 0.474. The second-order valence-corrected chi connectivity index (χ2v) is 5.08. The fourth-order valence-electron chi connectivity index (χ4n) is 1.75. The van der Waals surface area contributed by atoms with Crippen LogP contribution < -0.4 is 5.32 Å². The molecule has 0 spiro atoms. The predicted octanol–water partition coefficient (Wildman–Crippen LogP) is 1.72. The van der Waals surface area contributed by atoms with Crippen LogP contribution in [0.2, 0.25) is 0 Å². The van der Waals surface area contributed by atoms with Gasteiger partial charge in [-0.05, 0) is 30.0 Å². The SMILES string of the molecule is O=C(NCC(CO)Cc1ccccn1)c1ccsc1. The second-order valence-electron chi connectivity index (χ2n) is 4.30. The number of aliphatic hydroxyl groups is 1. The molecule has 100 valence electrons. The third kappa shape index (κ3) is 4.15. The third-order valence-corrected chi connectivity index (χ3v) is 3.50. The van der Waals surface area contributed by atoms with Crippen molar-refractivity contribution in [1.29, 1.82) is 0 Å². The lowest BCUT2D eigenvalue weighted by molar-refractivity contribution is 0.0940. The zero-order valence-electron chi connectivity index (χ0n) is 10.5. The topological polar surface area (TPSA) is 62.2 Å². The molecule has 0 aromatic carbocycles. The van der Waals surface area contributed by atoms with Gasteiger partial charge in [0.1, 0.15) is 0 Å². The smallest absolute Gasteiger partial charge is 0.252 e. The zero-order chi connectivity index (χ0) is 13.5. The van der Waals surface area contributed by atoms with Crippen molar-refractivity contribution in [1.82, 2.24) is 10.3 Å². The standard InChI is InChI=1S/C14H16N2O2S/c17-9-11(7-13-3-1-2-5-15-13)8-16-14(18)12-4-6-19-10-12/h1-6,10-11,17H,7-9H2,(H,16,18). The fraction of sp³-hybridized carbons (Fsp3) is 0.286. The van der Waals surface area contributed by atoms with Gasteiger partial charge in [-0.2, -0.15) is 11.3 Å². The largest absolute Gasteiger partial charge is 0.396 e. The van der Waals surface area contributed by atoms with Crippen LogP contribution in [0, 0.1) is 5.92 Å². The van der Waals surface area contributed by atoms with E-state index in [1.807, 2.05) is 29.0 Å². The summed E-state index contributed by atoms with van der Waals surface area (Å²) >= 11 is 1.49. The second kappa shape index (κ2) is 7.01. The van der Waals surface area contributed by atoms with Gasteiger partial charge in [-0.3, -0.25) is 9.78 Å². The van der Waals surface area contributed by atoms with Crippen molar-refractivity contribution >= 4 is 17.2 Å². The van der Waals surface area contributed by atoms with E-state index in [1.54, 1.807) is 12.3 Å². The minimum absolute atomic E-state index is 0.0162. The highest BCUT2D eigenvalue weighted by atomic mass is 32.1. The number of rotatable bonds is 6. The van der Waals surface area contributed by atoms with Gasteiger partial charge in [-0.1, -0.05) is 6.07 Å². The molecule has 1 atom stereocenters. The van der Waals surface area contributed by atoms with Gasteiger partial charge in [0.2, 0.25) is 0 Å². The number of nitrogens with one attached hydrogen (secondary N) is 1. The monoisotopic (exact) mass is 276 g/mol. The summed E-state index contributed by atoms with van der Waals surface area (Å²) in [5, 5.41) is 15.9. The maximum atomic E-state index is 11.8. The summed E-state index contributed by atoms with van der Waals surface area (Å²) in [5.41, 5.74) is 1.59. The van der Waals surface area contributed by atoms with Gasteiger partial charge in [0, 0.05) is 41.9 Å². The Bertz CT molecular complexity index is 499. The number of aromatic nitrogens is 1. The van der Waals surface area contributed by atoms with Crippen LogP contribution in [0.5, 0.6) is 0 Å². The number of aliphatic hydroxyl groups excluding tert-OH is 1. The third-order valence-electron chi connectivity index (χ3n) is 2.82. The molecule has 0 saturated carbocycles. The molecule has 2 heterocycles. The van der Waals surface area contributed by atoms with Crippen LogP contribution >= 0.6 is 11.3 Å². The average molecular weight is 276 g/mol. The first-order valence-corrected chi connectivity index (χ1v) is 7.05. The van der Waals surface area contributed by atoms with Crippen LogP contribution in [0.1, 0.15) is 16.1 Å². The highest BCUT2D eigenvalue weighted by Gasteiger charge is 2.12. The molecule has 0 aliphatic rings. The van der Waals surface area contributed by atoms with Crippen LogP contribution in [-0.2, 0) is 6.42 Å². The molecule has 4 nitrogen and oxygen atoms in total. The minimum Gasteiger partial charge on any atom is -0.396 e. The first kappa shape index (κ1) is 13.7. The van der Waals surface area contributed by atoms with E-state index in [1.165, 1.54) is 11.3 Å². The molecule has 0 aliphatic heterocycles. The lowest BCUT2D eigenvalue weighted by atomic mass is 10.0. The molecule has 2 aromatic rings. The minimum atomic E-state index is -0.0966. The molecule has 5 heteroatoms. The Hall–Kier alpha value is -1.72. The zero-order valence-corrected chi connectivity index (χ0v) is 11.3. The molecule has 19 heavy (non-hydrogen) atoms. The average Bonchev–Trinajstić information content (AvgIpc) is 2.98. The van der Waals surface area contributed by atoms with Crippen molar-refractivity contribution in [2.75, 3.05) is 13.2 Å². The Morgan fingerprint density at radius 3 is 2.95 bits per heavy atom. The van der Waals surface area contributed by atoms with Gasteiger partial charge in [-0.15, -0.1) is 0 Å². The van der Waals surface area contributed by atoms with Gasteiger partial charge < -0.3 is 10.4 Å². The van der Waals surface area contributed by atoms with Crippen molar-refractivity contribution in [3.63, 3.8) is 0 Å². The van der Waals surface area contributed by atoms with Crippen LogP contribution in [0.3, 0.4) is 0 Å². The quantitative estimate of drug-likeness (QED) is 0.844. The van der Waals surface area contributed by atoms with Crippen molar-refractivity contribution in [2.24, 2.45) is 5.92 Å². The number of hydrogen-bond acceptors (Lipinski definition) is 4. The molecule has 2 N–H and O–H groups in total. The summed E-state index contributed by atoms with van der Waals surface area (Å²) in [4.78, 5) is 16.0. The van der Waals surface area contributed by atoms with E-state index in [0.717, 1.165) is 5.69 Å². The first-order valence-electron chi connectivity index (χ1n) is 6.10. The van der Waals surface area contributed by atoms with E-state index in [9.17, 15) is 9.90 Å². The van der Waals surface area contributed by atoms with Crippen LogP contribution in [-0.4, -0.2) is 29.1 Å². The normalized spacial score (nSPS) is 12.1. The molecule has 1 unspecified atom stereocenters. The molecule has 0 fully saturated rings. The molecule has 0 bridgehead atoms. The van der Waals surface area contributed by atoms with E-state index >= 15 is 0 Å². The van der Waals surface area contributed by atoms with Gasteiger partial charge in [0.25, 0.3) is 5.91 Å². The molecule has 2 aromatic heterocycles. The summed E-state index contributed by atoms with van der Waals surface area (Å²) in [6, 6.07) is 7.48. The van der Waals surface area contributed by atoms with Crippen LogP contribution in [0.25, 0.3) is 0 Å². The molecule has 2 rings (SSSR count). The first-order chi connectivity index (χ1) is 9.29. The summed E-state index contributed by atoms with van der Waals surface area (Å²) < 4.78 is 0. The predicted molar refractivity (Wildman–Crippen MR) is 75.2 cm³/mol. The maximum absolute atomic E-state index is 11.8. The van der Waals surface area contributed by atoms with Gasteiger partial charge >= 0.3 is 0 Å². The Labute approximate surface area is 116 Å². The highest BCUT2D eigenvalue weighted by molar-refractivity contribution is 7.08. The van der Waals surface area contributed by atoms with E-state index < -0.39 is 0 Å². The molecular formula is C14H16N2O2S. The van der Waals surface area contributed by atoms with Gasteiger partial charge in [0.15, 0.2) is 0 Å². The maximum Gasteiger partial charge on any atom is 0.252 e. The summed E-state index contributed by atoms with van der Waals surface area (Å²) in [6.07, 6.45) is 2.38. The molecule has 0 radical (unpaired) electrons. The number of carbonyl (C=O) groups is 1. The van der Waals surface area contributed by atoms with Gasteiger partial charge in [-0.25, -0.2) is 0 Å².